The maximum absolute atomic E-state index is 12.8. The molecule has 0 saturated carbocycles. The van der Waals surface area contributed by atoms with Crippen LogP contribution in [0.1, 0.15) is 28.8 Å². The number of rotatable bonds is 5. The van der Waals surface area contributed by atoms with E-state index in [0.717, 1.165) is 42.6 Å². The first kappa shape index (κ1) is 19.0. The van der Waals surface area contributed by atoms with E-state index in [9.17, 15) is 9.59 Å². The van der Waals surface area contributed by atoms with Crippen LogP contribution in [0.5, 0.6) is 0 Å². The molecule has 1 saturated heterocycles. The van der Waals surface area contributed by atoms with Gasteiger partial charge in [-0.3, -0.25) is 4.79 Å². The third-order valence-corrected chi connectivity index (χ3v) is 5.39. The molecule has 1 fully saturated rings. The first-order valence-corrected chi connectivity index (χ1v) is 9.69. The van der Waals surface area contributed by atoms with Gasteiger partial charge in [0.2, 0.25) is 5.91 Å². The second-order valence-electron chi connectivity index (χ2n) is 7.42. The lowest BCUT2D eigenvalue weighted by atomic mass is 9.95. The van der Waals surface area contributed by atoms with Gasteiger partial charge in [0.25, 0.3) is 6.01 Å². The van der Waals surface area contributed by atoms with Crippen molar-refractivity contribution in [1.82, 2.24) is 9.88 Å². The van der Waals surface area contributed by atoms with E-state index in [-0.39, 0.29) is 17.4 Å². The molecule has 1 aromatic heterocycles. The number of carbonyl (C=O) groups is 2. The predicted octanol–water partition coefficient (Wildman–Crippen LogP) is 3.40. The van der Waals surface area contributed by atoms with Gasteiger partial charge in [0.15, 0.2) is 5.58 Å². The van der Waals surface area contributed by atoms with Gasteiger partial charge in [0.05, 0.1) is 5.56 Å². The zero-order valence-electron chi connectivity index (χ0n) is 16.2. The fourth-order valence-electron chi connectivity index (χ4n) is 3.73. The summed E-state index contributed by atoms with van der Waals surface area (Å²) in [6.45, 7) is 1.92. The predicted molar refractivity (Wildman–Crippen MR) is 109 cm³/mol. The number of hydrogen-bond donors (Lipinski definition) is 1. The highest BCUT2D eigenvalue weighted by molar-refractivity contribution is 5.87. The maximum Gasteiger partial charge on any atom is 0.335 e. The van der Waals surface area contributed by atoms with Gasteiger partial charge in [-0.25, -0.2) is 4.79 Å². The molecule has 0 radical (unpaired) electrons. The van der Waals surface area contributed by atoms with Gasteiger partial charge in [-0.15, -0.1) is 0 Å². The summed E-state index contributed by atoms with van der Waals surface area (Å²) in [4.78, 5) is 32.1. The van der Waals surface area contributed by atoms with Crippen LogP contribution < -0.4 is 4.90 Å². The summed E-state index contributed by atoms with van der Waals surface area (Å²) in [5, 5.41) is 8.98. The fourth-order valence-corrected chi connectivity index (χ4v) is 3.73. The number of aromatic nitrogens is 1. The Balaban J connectivity index is 1.33. The SMILES string of the molecule is CN(Cc1ccc(C(=O)O)cc1)C(=O)C1CCN(c2nc3ccccc3o2)CC1. The lowest BCUT2D eigenvalue weighted by Crippen LogP contribution is -2.41. The molecule has 7 nitrogen and oxygen atoms in total. The van der Waals surface area contributed by atoms with Crippen LogP contribution in [0.3, 0.4) is 0 Å². The molecule has 0 bridgehead atoms. The van der Waals surface area contributed by atoms with E-state index in [1.807, 2.05) is 24.3 Å². The molecule has 7 heteroatoms. The second-order valence-corrected chi connectivity index (χ2v) is 7.42. The third-order valence-electron chi connectivity index (χ3n) is 5.39. The van der Waals surface area contributed by atoms with E-state index in [1.165, 1.54) is 0 Å². The number of nitrogens with zero attached hydrogens (tertiary/aromatic N) is 3. The van der Waals surface area contributed by atoms with Crippen LogP contribution in [-0.4, -0.2) is 47.0 Å². The van der Waals surface area contributed by atoms with Crippen LogP contribution in [0.2, 0.25) is 0 Å². The summed E-state index contributed by atoms with van der Waals surface area (Å²) >= 11 is 0. The van der Waals surface area contributed by atoms with E-state index >= 15 is 0 Å². The first-order chi connectivity index (χ1) is 14.0. The van der Waals surface area contributed by atoms with E-state index in [0.29, 0.717) is 12.6 Å². The highest BCUT2D eigenvalue weighted by Crippen LogP contribution is 2.27. The van der Waals surface area contributed by atoms with E-state index in [2.05, 4.69) is 9.88 Å². The number of amides is 1. The minimum atomic E-state index is -0.952. The smallest absolute Gasteiger partial charge is 0.335 e. The molecule has 1 amide bonds. The van der Waals surface area contributed by atoms with Gasteiger partial charge in [-0.05, 0) is 42.7 Å². The normalized spacial score (nSPS) is 14.9. The van der Waals surface area contributed by atoms with Gasteiger partial charge < -0.3 is 19.3 Å². The summed E-state index contributed by atoms with van der Waals surface area (Å²) in [7, 11) is 1.79. The zero-order valence-corrected chi connectivity index (χ0v) is 16.2. The lowest BCUT2D eigenvalue weighted by molar-refractivity contribution is -0.135. The topological polar surface area (TPSA) is 86.9 Å². The van der Waals surface area contributed by atoms with Gasteiger partial charge in [0, 0.05) is 32.6 Å². The summed E-state index contributed by atoms with van der Waals surface area (Å²) in [6, 6.07) is 14.9. The van der Waals surface area contributed by atoms with Crippen molar-refractivity contribution in [3.05, 3.63) is 59.7 Å². The van der Waals surface area contributed by atoms with E-state index in [4.69, 9.17) is 9.52 Å². The number of aromatic carboxylic acids is 1. The fraction of sp³-hybridized carbons (Fsp3) is 0.318. The standard InChI is InChI=1S/C22H23N3O4/c1-24(14-15-6-8-17(9-7-15)21(27)28)20(26)16-10-12-25(13-11-16)22-23-18-4-2-3-5-19(18)29-22/h2-9,16H,10-14H2,1H3,(H,27,28). The maximum atomic E-state index is 12.8. The molecule has 0 spiro atoms. The van der Waals surface area contributed by atoms with Crippen LogP contribution in [0.25, 0.3) is 11.1 Å². The largest absolute Gasteiger partial charge is 0.478 e. The van der Waals surface area contributed by atoms with Crippen molar-refractivity contribution in [2.45, 2.75) is 19.4 Å². The molecule has 150 valence electrons. The van der Waals surface area contributed by atoms with Crippen molar-refractivity contribution in [1.29, 1.82) is 0 Å². The Morgan fingerprint density at radius 2 is 1.83 bits per heavy atom. The van der Waals surface area contributed by atoms with Crippen LogP contribution in [0, 0.1) is 5.92 Å². The highest BCUT2D eigenvalue weighted by atomic mass is 16.4. The number of fused-ring (bicyclic) bond motifs is 1. The average molecular weight is 393 g/mol. The molecule has 0 aliphatic carbocycles. The molecule has 1 N–H and O–H groups in total. The zero-order chi connectivity index (χ0) is 20.4. The minimum absolute atomic E-state index is 0.0288. The van der Waals surface area contributed by atoms with Crippen LogP contribution >= 0.6 is 0 Å². The van der Waals surface area contributed by atoms with Crippen LogP contribution in [0.15, 0.2) is 52.9 Å². The Hall–Kier alpha value is -3.35. The molecule has 0 unspecified atom stereocenters. The number of carbonyl (C=O) groups excluding carboxylic acids is 1. The number of piperidine rings is 1. The van der Waals surface area contributed by atoms with Crippen molar-refractivity contribution < 1.29 is 19.1 Å². The molecule has 1 aliphatic heterocycles. The monoisotopic (exact) mass is 393 g/mol. The lowest BCUT2D eigenvalue weighted by Gasteiger charge is -2.32. The molecule has 2 heterocycles. The third kappa shape index (κ3) is 4.08. The van der Waals surface area contributed by atoms with Crippen LogP contribution in [-0.2, 0) is 11.3 Å². The van der Waals surface area contributed by atoms with E-state index in [1.54, 1.807) is 36.2 Å². The van der Waals surface area contributed by atoms with Gasteiger partial charge in [0.1, 0.15) is 5.52 Å². The molecular weight excluding hydrogens is 370 g/mol. The Bertz CT molecular complexity index is 987. The van der Waals surface area contributed by atoms with Gasteiger partial charge >= 0.3 is 5.97 Å². The van der Waals surface area contributed by atoms with Gasteiger partial charge in [-0.2, -0.15) is 4.98 Å². The first-order valence-electron chi connectivity index (χ1n) is 9.69. The number of carboxylic acid groups (broad SMARTS) is 1. The van der Waals surface area contributed by atoms with E-state index < -0.39 is 5.97 Å². The quantitative estimate of drug-likeness (QED) is 0.715. The summed E-state index contributed by atoms with van der Waals surface area (Å²) < 4.78 is 5.83. The summed E-state index contributed by atoms with van der Waals surface area (Å²) in [5.74, 6) is -0.866. The average Bonchev–Trinajstić information content (AvgIpc) is 3.18. The number of carboxylic acids is 1. The van der Waals surface area contributed by atoms with Crippen LogP contribution in [0.4, 0.5) is 6.01 Å². The number of benzene rings is 2. The van der Waals surface area contributed by atoms with Crippen molar-refractivity contribution in [3.63, 3.8) is 0 Å². The molecule has 2 aromatic carbocycles. The minimum Gasteiger partial charge on any atom is -0.478 e. The van der Waals surface area contributed by atoms with Crippen molar-refractivity contribution in [2.24, 2.45) is 5.92 Å². The second kappa shape index (κ2) is 7.95. The number of oxazole rings is 1. The molecule has 3 aromatic rings. The number of hydrogen-bond acceptors (Lipinski definition) is 5. The Labute approximate surface area is 168 Å². The van der Waals surface area contributed by atoms with Gasteiger partial charge in [-0.1, -0.05) is 24.3 Å². The molecule has 0 atom stereocenters. The van der Waals surface area contributed by atoms with Crippen molar-refractivity contribution in [2.75, 3.05) is 25.0 Å². The number of anilines is 1. The Morgan fingerprint density at radius 1 is 1.14 bits per heavy atom. The molecule has 4 rings (SSSR count). The Morgan fingerprint density at radius 3 is 2.48 bits per heavy atom. The molecule has 1 aliphatic rings. The number of para-hydroxylation sites is 2. The molecular formula is C22H23N3O4. The van der Waals surface area contributed by atoms with Crippen molar-refractivity contribution in [3.8, 4) is 0 Å². The highest BCUT2D eigenvalue weighted by Gasteiger charge is 2.29. The molecule has 29 heavy (non-hydrogen) atoms. The summed E-state index contributed by atoms with van der Waals surface area (Å²) in [5.41, 5.74) is 2.77. The Kier molecular flexibility index (Phi) is 5.20. The summed E-state index contributed by atoms with van der Waals surface area (Å²) in [6.07, 6.45) is 1.50. The van der Waals surface area contributed by atoms with Crippen molar-refractivity contribution >= 4 is 29.0 Å².